The lowest BCUT2D eigenvalue weighted by atomic mass is 10.2. The van der Waals surface area contributed by atoms with E-state index in [4.69, 9.17) is 0 Å². The highest BCUT2D eigenvalue weighted by Gasteiger charge is 2.48. The van der Waals surface area contributed by atoms with Crippen LogP contribution in [0.25, 0.3) is 0 Å². The number of alkyl halides is 4. The van der Waals surface area contributed by atoms with Crippen molar-refractivity contribution >= 4 is 11.8 Å². The zero-order chi connectivity index (χ0) is 13.8. The van der Waals surface area contributed by atoms with Crippen LogP contribution in [-0.2, 0) is 9.59 Å². The molecule has 1 saturated carbocycles. The van der Waals surface area contributed by atoms with Crippen molar-refractivity contribution in [3.05, 3.63) is 0 Å². The number of amides is 2. The molecule has 0 radical (unpaired) electrons. The van der Waals surface area contributed by atoms with Crippen LogP contribution in [0.15, 0.2) is 0 Å². The number of halogens is 4. The molecular formula is C10H14F4N2O2. The third-order valence-corrected chi connectivity index (χ3v) is 2.39. The molecule has 0 aromatic carbocycles. The second-order valence-electron chi connectivity index (χ2n) is 4.12. The van der Waals surface area contributed by atoms with E-state index in [2.05, 4.69) is 5.32 Å². The van der Waals surface area contributed by atoms with E-state index in [9.17, 15) is 27.2 Å². The summed E-state index contributed by atoms with van der Waals surface area (Å²) in [7, 11) is 0. The van der Waals surface area contributed by atoms with Gasteiger partial charge in [0.05, 0.1) is 0 Å². The largest absolute Gasteiger partial charge is 0.383 e. The maximum absolute atomic E-state index is 12.5. The molecule has 18 heavy (non-hydrogen) atoms. The van der Waals surface area contributed by atoms with Gasteiger partial charge in [0.1, 0.15) is 0 Å². The zero-order valence-corrected chi connectivity index (χ0v) is 9.52. The van der Waals surface area contributed by atoms with Crippen molar-refractivity contribution in [3.63, 3.8) is 0 Å². The lowest BCUT2D eigenvalue weighted by Crippen LogP contribution is -2.45. The number of hydrogen-bond acceptors (Lipinski definition) is 2. The van der Waals surface area contributed by atoms with E-state index < -0.39 is 18.3 Å². The molecule has 1 aliphatic rings. The quantitative estimate of drug-likeness (QED) is 0.537. The maximum atomic E-state index is 12.5. The molecule has 104 valence electrons. The Balaban J connectivity index is 2.13. The molecular weight excluding hydrogens is 256 g/mol. The van der Waals surface area contributed by atoms with Crippen molar-refractivity contribution in [1.82, 2.24) is 10.6 Å². The summed E-state index contributed by atoms with van der Waals surface area (Å²) in [6, 6.07) is 0.204. The summed E-state index contributed by atoms with van der Waals surface area (Å²) >= 11 is 0. The lowest BCUT2D eigenvalue weighted by molar-refractivity contribution is -0.169. The van der Waals surface area contributed by atoms with E-state index in [1.807, 2.05) is 0 Å². The first-order valence-electron chi connectivity index (χ1n) is 5.57. The Labute approximate surface area is 101 Å². The van der Waals surface area contributed by atoms with Crippen LogP contribution >= 0.6 is 0 Å². The summed E-state index contributed by atoms with van der Waals surface area (Å²) in [5.74, 6) is -6.93. The minimum atomic E-state index is -4.68. The van der Waals surface area contributed by atoms with Gasteiger partial charge in [0, 0.05) is 19.0 Å². The Bertz CT molecular complexity index is 319. The van der Waals surface area contributed by atoms with Crippen LogP contribution < -0.4 is 10.6 Å². The average molecular weight is 270 g/mol. The summed E-state index contributed by atoms with van der Waals surface area (Å²) in [6.45, 7) is -0.237. The van der Waals surface area contributed by atoms with Gasteiger partial charge in [0.25, 0.3) is 5.91 Å². The van der Waals surface area contributed by atoms with Crippen LogP contribution in [0.3, 0.4) is 0 Å². The number of carbonyl (C=O) groups is 2. The van der Waals surface area contributed by atoms with Crippen LogP contribution in [-0.4, -0.2) is 36.7 Å². The van der Waals surface area contributed by atoms with Gasteiger partial charge in [-0.3, -0.25) is 9.59 Å². The molecule has 1 rings (SSSR count). The Morgan fingerprint density at radius 2 is 1.89 bits per heavy atom. The smallest absolute Gasteiger partial charge is 0.353 e. The maximum Gasteiger partial charge on any atom is 0.383 e. The van der Waals surface area contributed by atoms with Crippen LogP contribution in [0.2, 0.25) is 0 Å². The van der Waals surface area contributed by atoms with Gasteiger partial charge in [-0.2, -0.15) is 8.78 Å². The van der Waals surface area contributed by atoms with Gasteiger partial charge < -0.3 is 10.6 Å². The van der Waals surface area contributed by atoms with Gasteiger partial charge >= 0.3 is 12.3 Å². The van der Waals surface area contributed by atoms with Crippen molar-refractivity contribution in [2.24, 2.45) is 0 Å². The van der Waals surface area contributed by atoms with Crippen molar-refractivity contribution in [2.75, 3.05) is 6.54 Å². The first-order chi connectivity index (χ1) is 8.34. The first kappa shape index (κ1) is 14.7. The van der Waals surface area contributed by atoms with Gasteiger partial charge in [-0.1, -0.05) is 0 Å². The molecule has 8 heteroatoms. The molecule has 4 nitrogen and oxygen atoms in total. The minimum Gasteiger partial charge on any atom is -0.353 e. The third kappa shape index (κ3) is 4.50. The predicted molar refractivity (Wildman–Crippen MR) is 54.4 cm³/mol. The molecule has 0 aliphatic heterocycles. The van der Waals surface area contributed by atoms with Crippen LogP contribution in [0.5, 0.6) is 0 Å². The van der Waals surface area contributed by atoms with Gasteiger partial charge in [-0.15, -0.1) is 0 Å². The normalized spacial score (nSPS) is 15.6. The summed E-state index contributed by atoms with van der Waals surface area (Å²) in [6.07, 6.45) is -1.97. The van der Waals surface area contributed by atoms with Gasteiger partial charge in [0.15, 0.2) is 0 Å². The standard InChI is InChI=1S/C10H14F4N2O2/c11-8(12)10(13,14)9(18)15-5-1-2-7(17)16-6-3-4-6/h6,8H,1-5H2,(H,15,18)(H,16,17). The predicted octanol–water partition coefficient (Wildman–Crippen LogP) is 1.06. The molecule has 1 fully saturated rings. The van der Waals surface area contributed by atoms with E-state index in [1.54, 1.807) is 5.32 Å². The minimum absolute atomic E-state index is 0.0665. The number of rotatable bonds is 7. The van der Waals surface area contributed by atoms with Crippen molar-refractivity contribution < 1.29 is 27.2 Å². The van der Waals surface area contributed by atoms with Crippen LogP contribution in [0.4, 0.5) is 17.6 Å². The molecule has 0 saturated heterocycles. The van der Waals surface area contributed by atoms with Crippen LogP contribution in [0, 0.1) is 0 Å². The number of nitrogens with one attached hydrogen (secondary N) is 2. The summed E-state index contributed by atoms with van der Waals surface area (Å²) < 4.78 is 48.5. The van der Waals surface area contributed by atoms with Crippen molar-refractivity contribution in [2.45, 2.75) is 44.1 Å². The molecule has 0 spiro atoms. The highest BCUT2D eigenvalue weighted by molar-refractivity contribution is 5.83. The molecule has 0 atom stereocenters. The number of carbonyl (C=O) groups excluding carboxylic acids is 2. The highest BCUT2D eigenvalue weighted by atomic mass is 19.3. The summed E-state index contributed by atoms with van der Waals surface area (Å²) in [4.78, 5) is 21.8. The van der Waals surface area contributed by atoms with E-state index in [0.29, 0.717) is 0 Å². The van der Waals surface area contributed by atoms with Gasteiger partial charge in [0.2, 0.25) is 5.91 Å². The van der Waals surface area contributed by atoms with Gasteiger partial charge in [-0.25, -0.2) is 8.78 Å². The van der Waals surface area contributed by atoms with E-state index in [1.165, 1.54) is 0 Å². The molecule has 0 bridgehead atoms. The molecule has 0 unspecified atom stereocenters. The SMILES string of the molecule is O=C(CCCNC(=O)C(F)(F)C(F)F)NC1CC1. The Kier molecular flexibility index (Phi) is 4.92. The number of hydrogen-bond donors (Lipinski definition) is 2. The Morgan fingerprint density at radius 1 is 1.28 bits per heavy atom. The summed E-state index contributed by atoms with van der Waals surface area (Å²) in [5.41, 5.74) is 0. The monoisotopic (exact) mass is 270 g/mol. The second kappa shape index (κ2) is 6.01. The fourth-order valence-corrected chi connectivity index (χ4v) is 1.20. The van der Waals surface area contributed by atoms with Crippen molar-refractivity contribution in [1.29, 1.82) is 0 Å². The molecule has 1 aliphatic carbocycles. The first-order valence-corrected chi connectivity index (χ1v) is 5.57. The second-order valence-corrected chi connectivity index (χ2v) is 4.12. The fourth-order valence-electron chi connectivity index (χ4n) is 1.20. The Hall–Kier alpha value is -1.34. The Morgan fingerprint density at radius 3 is 2.39 bits per heavy atom. The van der Waals surface area contributed by atoms with E-state index in [-0.39, 0.29) is 31.3 Å². The summed E-state index contributed by atoms with van der Waals surface area (Å²) in [5, 5.41) is 4.35. The zero-order valence-electron chi connectivity index (χ0n) is 9.52. The molecule has 2 amide bonds. The topological polar surface area (TPSA) is 58.2 Å². The lowest BCUT2D eigenvalue weighted by Gasteiger charge is -2.14. The van der Waals surface area contributed by atoms with Crippen LogP contribution in [0.1, 0.15) is 25.7 Å². The average Bonchev–Trinajstić information content (AvgIpc) is 3.07. The van der Waals surface area contributed by atoms with E-state index >= 15 is 0 Å². The molecule has 2 N–H and O–H groups in total. The van der Waals surface area contributed by atoms with Crippen molar-refractivity contribution in [3.8, 4) is 0 Å². The molecule has 0 heterocycles. The third-order valence-electron chi connectivity index (χ3n) is 2.39. The van der Waals surface area contributed by atoms with E-state index in [0.717, 1.165) is 12.8 Å². The molecule has 0 aromatic heterocycles. The fraction of sp³-hybridized carbons (Fsp3) is 0.800. The highest BCUT2D eigenvalue weighted by Crippen LogP contribution is 2.22. The molecule has 0 aromatic rings. The van der Waals surface area contributed by atoms with Gasteiger partial charge in [-0.05, 0) is 19.3 Å².